The summed E-state index contributed by atoms with van der Waals surface area (Å²) in [6.07, 6.45) is 3.40. The average Bonchev–Trinajstić information content (AvgIpc) is 3.16. The van der Waals surface area contributed by atoms with Crippen molar-refractivity contribution in [2.45, 2.75) is 31.5 Å². The summed E-state index contributed by atoms with van der Waals surface area (Å²) in [6.45, 7) is 2.36. The second-order valence-corrected chi connectivity index (χ2v) is 7.71. The van der Waals surface area contributed by atoms with Crippen LogP contribution in [0.4, 0.5) is 0 Å². The highest BCUT2D eigenvalue weighted by molar-refractivity contribution is 6.00. The number of ether oxygens (including phenoxy) is 1. The highest BCUT2D eigenvalue weighted by Crippen LogP contribution is 2.35. The molecule has 3 aromatic rings. The van der Waals surface area contributed by atoms with Gasteiger partial charge in [-0.1, -0.05) is 30.3 Å². The first-order chi connectivity index (χ1) is 13.3. The molecule has 27 heavy (non-hydrogen) atoms. The molecule has 5 rings (SSSR count). The van der Waals surface area contributed by atoms with Crippen LogP contribution in [0.5, 0.6) is 0 Å². The number of rotatable bonds is 4. The van der Waals surface area contributed by atoms with E-state index in [0.717, 1.165) is 35.9 Å². The molecular weight excluding hydrogens is 338 g/mol. The maximum absolute atomic E-state index is 13.2. The summed E-state index contributed by atoms with van der Waals surface area (Å²) in [6, 6.07) is 18.9. The molecule has 4 nitrogen and oxygen atoms in total. The minimum atomic E-state index is 0.0697. The van der Waals surface area contributed by atoms with Crippen molar-refractivity contribution in [3.63, 3.8) is 0 Å². The van der Waals surface area contributed by atoms with Crippen LogP contribution in [0.1, 0.15) is 28.8 Å². The lowest BCUT2D eigenvalue weighted by Gasteiger charge is -2.48. The predicted molar refractivity (Wildman–Crippen MR) is 104 cm³/mol. The number of nitrogens with zero attached hydrogens (tertiary/aromatic N) is 1. The molecule has 2 fully saturated rings. The van der Waals surface area contributed by atoms with Crippen molar-refractivity contribution >= 4 is 16.8 Å². The Morgan fingerprint density at radius 1 is 1.00 bits per heavy atom. The van der Waals surface area contributed by atoms with Crippen molar-refractivity contribution < 1.29 is 13.9 Å². The van der Waals surface area contributed by atoms with E-state index in [0.29, 0.717) is 25.3 Å². The molecule has 0 spiro atoms. The fraction of sp³-hybridized carbons (Fsp3) is 0.348. The highest BCUT2D eigenvalue weighted by atomic mass is 16.5. The van der Waals surface area contributed by atoms with Gasteiger partial charge in [-0.3, -0.25) is 9.69 Å². The molecule has 2 saturated heterocycles. The van der Waals surface area contributed by atoms with Crippen LogP contribution in [-0.2, 0) is 11.3 Å². The van der Waals surface area contributed by atoms with Crippen LogP contribution in [0, 0.1) is 5.92 Å². The van der Waals surface area contributed by atoms with Gasteiger partial charge in [-0.25, -0.2) is 0 Å². The van der Waals surface area contributed by atoms with Crippen molar-refractivity contribution in [2.24, 2.45) is 5.92 Å². The Bertz CT molecular complexity index is 934. The third kappa shape index (κ3) is 3.20. The number of fused-ring (bicyclic) bond motifs is 3. The molecule has 1 aromatic heterocycles. The second kappa shape index (κ2) is 6.95. The van der Waals surface area contributed by atoms with Crippen molar-refractivity contribution in [1.29, 1.82) is 0 Å². The number of ketones is 1. The number of hydrogen-bond donors (Lipinski definition) is 0. The zero-order valence-electron chi connectivity index (χ0n) is 15.2. The zero-order valence-corrected chi connectivity index (χ0v) is 15.2. The van der Waals surface area contributed by atoms with Gasteiger partial charge in [-0.05, 0) is 42.7 Å². The van der Waals surface area contributed by atoms with E-state index < -0.39 is 0 Å². The maximum Gasteiger partial charge on any atom is 0.166 e. The van der Waals surface area contributed by atoms with Crippen LogP contribution in [0.2, 0.25) is 0 Å². The van der Waals surface area contributed by atoms with Gasteiger partial charge in [0, 0.05) is 35.5 Å². The number of benzene rings is 2. The molecule has 3 heterocycles. The van der Waals surface area contributed by atoms with Crippen molar-refractivity contribution in [1.82, 2.24) is 4.90 Å². The van der Waals surface area contributed by atoms with Gasteiger partial charge in [0.05, 0.1) is 19.5 Å². The standard InChI is InChI=1S/C23H23NO3/c25-23(18-6-7-22-17(10-18)8-9-27-22)19-11-20-14-26-15-21(12-19)24(20)13-16-4-2-1-3-5-16/h1-10,19-21H,11-15H2. The number of carbonyl (C=O) groups excluding carboxylic acids is 1. The van der Waals surface area contributed by atoms with Gasteiger partial charge in [-0.15, -0.1) is 0 Å². The first-order valence-corrected chi connectivity index (χ1v) is 9.67. The number of Topliss-reactive ketones (excluding diaryl/α,β-unsaturated/α-hetero) is 1. The van der Waals surface area contributed by atoms with Crippen LogP contribution in [-0.4, -0.2) is 36.0 Å². The number of morpholine rings is 1. The van der Waals surface area contributed by atoms with E-state index in [2.05, 4.69) is 35.2 Å². The molecule has 4 heteroatoms. The second-order valence-electron chi connectivity index (χ2n) is 7.71. The summed E-state index contributed by atoms with van der Waals surface area (Å²) < 4.78 is 11.2. The molecule has 2 aliphatic rings. The Kier molecular flexibility index (Phi) is 4.30. The number of carbonyl (C=O) groups is 1. The molecule has 2 unspecified atom stereocenters. The van der Waals surface area contributed by atoms with E-state index in [1.807, 2.05) is 24.3 Å². The summed E-state index contributed by atoms with van der Waals surface area (Å²) in [5.74, 6) is 0.328. The van der Waals surface area contributed by atoms with E-state index in [1.54, 1.807) is 6.26 Å². The van der Waals surface area contributed by atoms with E-state index in [4.69, 9.17) is 9.15 Å². The van der Waals surface area contributed by atoms with Gasteiger partial charge in [0.1, 0.15) is 5.58 Å². The minimum absolute atomic E-state index is 0.0697. The molecule has 0 aliphatic carbocycles. The monoisotopic (exact) mass is 361 g/mol. The average molecular weight is 361 g/mol. The maximum atomic E-state index is 13.2. The van der Waals surface area contributed by atoms with Gasteiger partial charge in [-0.2, -0.15) is 0 Å². The van der Waals surface area contributed by atoms with Crippen molar-refractivity contribution in [2.75, 3.05) is 13.2 Å². The molecule has 2 bridgehead atoms. The Hall–Kier alpha value is -2.43. The molecule has 0 saturated carbocycles. The normalized spacial score (nSPS) is 25.6. The molecular formula is C23H23NO3. The van der Waals surface area contributed by atoms with E-state index >= 15 is 0 Å². The van der Waals surface area contributed by atoms with Gasteiger partial charge in [0.2, 0.25) is 0 Å². The predicted octanol–water partition coefficient (Wildman–Crippen LogP) is 4.30. The Morgan fingerprint density at radius 2 is 1.78 bits per heavy atom. The van der Waals surface area contributed by atoms with Crippen LogP contribution in [0.3, 0.4) is 0 Å². The molecule has 2 atom stereocenters. The smallest absolute Gasteiger partial charge is 0.166 e. The summed E-state index contributed by atoms with van der Waals surface area (Å²) in [4.78, 5) is 15.7. The third-order valence-electron chi connectivity index (χ3n) is 5.99. The van der Waals surface area contributed by atoms with Crippen LogP contribution >= 0.6 is 0 Å². The summed E-state index contributed by atoms with van der Waals surface area (Å²) >= 11 is 0. The molecule has 138 valence electrons. The third-order valence-corrected chi connectivity index (χ3v) is 5.99. The molecule has 0 amide bonds. The molecule has 2 aliphatic heterocycles. The lowest BCUT2D eigenvalue weighted by Crippen LogP contribution is -2.57. The van der Waals surface area contributed by atoms with Crippen molar-refractivity contribution in [3.8, 4) is 0 Å². The summed E-state index contributed by atoms with van der Waals surface area (Å²) in [5.41, 5.74) is 2.95. The fourth-order valence-electron chi connectivity index (χ4n) is 4.61. The zero-order chi connectivity index (χ0) is 18.2. The van der Waals surface area contributed by atoms with Crippen LogP contribution in [0.25, 0.3) is 11.0 Å². The lowest BCUT2D eigenvalue weighted by molar-refractivity contribution is -0.0872. The topological polar surface area (TPSA) is 42.7 Å². The largest absolute Gasteiger partial charge is 0.464 e. The Balaban J connectivity index is 1.35. The minimum Gasteiger partial charge on any atom is -0.464 e. The first kappa shape index (κ1) is 16.7. The van der Waals surface area contributed by atoms with Crippen LogP contribution < -0.4 is 0 Å². The van der Waals surface area contributed by atoms with E-state index in [-0.39, 0.29) is 11.7 Å². The SMILES string of the molecule is O=C(c1ccc2occc2c1)C1CC2COCC(C1)N2Cc1ccccc1. The molecule has 2 aromatic carbocycles. The van der Waals surface area contributed by atoms with Gasteiger partial charge in [0.15, 0.2) is 5.78 Å². The van der Waals surface area contributed by atoms with Crippen molar-refractivity contribution in [3.05, 3.63) is 72.0 Å². The Morgan fingerprint density at radius 3 is 2.56 bits per heavy atom. The number of piperidine rings is 1. The van der Waals surface area contributed by atoms with Gasteiger partial charge < -0.3 is 9.15 Å². The molecule has 0 radical (unpaired) electrons. The highest BCUT2D eigenvalue weighted by Gasteiger charge is 2.41. The van der Waals surface area contributed by atoms with Gasteiger partial charge >= 0.3 is 0 Å². The number of hydrogen-bond acceptors (Lipinski definition) is 4. The summed E-state index contributed by atoms with van der Waals surface area (Å²) in [7, 11) is 0. The Labute approximate surface area is 158 Å². The van der Waals surface area contributed by atoms with Gasteiger partial charge in [0.25, 0.3) is 0 Å². The van der Waals surface area contributed by atoms with E-state index in [1.165, 1.54) is 5.56 Å². The number of furan rings is 1. The summed E-state index contributed by atoms with van der Waals surface area (Å²) in [5, 5.41) is 0.992. The first-order valence-electron chi connectivity index (χ1n) is 9.67. The fourth-order valence-corrected chi connectivity index (χ4v) is 4.61. The lowest BCUT2D eigenvalue weighted by atomic mass is 9.80. The molecule has 0 N–H and O–H groups in total. The quantitative estimate of drug-likeness (QED) is 0.650. The van der Waals surface area contributed by atoms with E-state index in [9.17, 15) is 4.79 Å². The van der Waals surface area contributed by atoms with Crippen LogP contribution in [0.15, 0.2) is 65.3 Å².